The monoisotopic (exact) mass is 217 g/mol. The van der Waals surface area contributed by atoms with Crippen LogP contribution in [0.25, 0.3) is 0 Å². The predicted octanol–water partition coefficient (Wildman–Crippen LogP) is 3.27. The Hall–Kier alpha value is -0.240. The summed E-state index contributed by atoms with van der Waals surface area (Å²) < 4.78 is 0. The van der Waals surface area contributed by atoms with E-state index in [0.29, 0.717) is 10.0 Å². The number of hydrogen-bond donors (Lipinski definition) is 1. The topological polar surface area (TPSA) is 26.0 Å². The second kappa shape index (κ2) is 4.85. The molecule has 0 saturated carbocycles. The van der Waals surface area contributed by atoms with Gasteiger partial charge in [-0.3, -0.25) is 0 Å². The van der Waals surface area contributed by atoms with Crippen LogP contribution in [0.3, 0.4) is 0 Å². The molecular weight excluding hydrogens is 205 g/mol. The van der Waals surface area contributed by atoms with Gasteiger partial charge in [-0.1, -0.05) is 36.2 Å². The lowest BCUT2D eigenvalue weighted by molar-refractivity contribution is 0.646. The zero-order valence-corrected chi connectivity index (χ0v) is 9.07. The van der Waals surface area contributed by atoms with Crippen LogP contribution in [0, 0.1) is 0 Å². The fraction of sp³-hybridized carbons (Fsp3) is 0.400. The zero-order chi connectivity index (χ0) is 9.84. The van der Waals surface area contributed by atoms with Crippen molar-refractivity contribution in [2.45, 2.75) is 25.8 Å². The number of benzene rings is 1. The van der Waals surface area contributed by atoms with Gasteiger partial charge >= 0.3 is 0 Å². The van der Waals surface area contributed by atoms with Crippen LogP contribution in [0.2, 0.25) is 10.0 Å². The molecule has 0 fully saturated rings. The highest BCUT2D eigenvalue weighted by atomic mass is 35.5. The molecule has 13 heavy (non-hydrogen) atoms. The Labute approximate surface area is 88.8 Å². The fourth-order valence-electron chi connectivity index (χ4n) is 1.11. The average molecular weight is 218 g/mol. The fourth-order valence-corrected chi connectivity index (χ4v) is 1.43. The van der Waals surface area contributed by atoms with Crippen LogP contribution in [-0.4, -0.2) is 6.04 Å². The maximum atomic E-state index is 5.87. The highest BCUT2D eigenvalue weighted by Crippen LogP contribution is 2.23. The Bertz CT molecular complexity index is 286. The second-order valence-corrected chi connectivity index (χ2v) is 3.94. The van der Waals surface area contributed by atoms with E-state index < -0.39 is 0 Å². The lowest BCUT2D eigenvalue weighted by Gasteiger charge is -2.08. The standard InChI is InChI=1S/C10H13Cl2N/c1-2-8(13)5-7-3-4-9(11)10(12)6-7/h3-4,6,8H,2,5,13H2,1H3. The molecule has 3 heteroatoms. The van der Waals surface area contributed by atoms with E-state index >= 15 is 0 Å². The van der Waals surface area contributed by atoms with Crippen LogP contribution in [0.15, 0.2) is 18.2 Å². The smallest absolute Gasteiger partial charge is 0.0595 e. The van der Waals surface area contributed by atoms with Crippen molar-refractivity contribution in [1.29, 1.82) is 0 Å². The van der Waals surface area contributed by atoms with Crippen LogP contribution in [0.5, 0.6) is 0 Å². The normalized spacial score (nSPS) is 12.9. The van der Waals surface area contributed by atoms with Gasteiger partial charge in [-0.15, -0.1) is 0 Å². The molecule has 0 bridgehead atoms. The minimum absolute atomic E-state index is 0.206. The van der Waals surface area contributed by atoms with E-state index in [1.54, 1.807) is 0 Å². The Morgan fingerprint density at radius 3 is 2.54 bits per heavy atom. The summed E-state index contributed by atoms with van der Waals surface area (Å²) in [6.07, 6.45) is 1.83. The van der Waals surface area contributed by atoms with E-state index in [9.17, 15) is 0 Å². The molecule has 0 heterocycles. The third kappa shape index (κ3) is 3.18. The van der Waals surface area contributed by atoms with Crippen LogP contribution in [0.1, 0.15) is 18.9 Å². The minimum Gasteiger partial charge on any atom is -0.327 e. The maximum Gasteiger partial charge on any atom is 0.0595 e. The van der Waals surface area contributed by atoms with Crippen LogP contribution < -0.4 is 5.73 Å². The van der Waals surface area contributed by atoms with E-state index in [-0.39, 0.29) is 6.04 Å². The first-order valence-electron chi connectivity index (χ1n) is 4.33. The zero-order valence-electron chi connectivity index (χ0n) is 7.56. The van der Waals surface area contributed by atoms with Crippen molar-refractivity contribution in [2.24, 2.45) is 5.73 Å². The van der Waals surface area contributed by atoms with Gasteiger partial charge in [-0.05, 0) is 30.5 Å². The van der Waals surface area contributed by atoms with Gasteiger partial charge < -0.3 is 5.73 Å². The molecule has 2 N–H and O–H groups in total. The molecule has 1 nitrogen and oxygen atoms in total. The van der Waals surface area contributed by atoms with E-state index in [0.717, 1.165) is 18.4 Å². The molecule has 0 aliphatic carbocycles. The second-order valence-electron chi connectivity index (χ2n) is 3.12. The van der Waals surface area contributed by atoms with Crippen molar-refractivity contribution >= 4 is 23.2 Å². The molecule has 0 spiro atoms. The lowest BCUT2D eigenvalue weighted by Crippen LogP contribution is -2.21. The van der Waals surface area contributed by atoms with Crippen molar-refractivity contribution in [1.82, 2.24) is 0 Å². The highest BCUT2D eigenvalue weighted by molar-refractivity contribution is 6.42. The lowest BCUT2D eigenvalue weighted by atomic mass is 10.1. The molecule has 0 radical (unpaired) electrons. The van der Waals surface area contributed by atoms with E-state index in [4.69, 9.17) is 28.9 Å². The van der Waals surface area contributed by atoms with Gasteiger partial charge in [-0.25, -0.2) is 0 Å². The first-order valence-corrected chi connectivity index (χ1v) is 5.08. The minimum atomic E-state index is 0.206. The number of halogens is 2. The number of nitrogens with two attached hydrogens (primary N) is 1. The van der Waals surface area contributed by atoms with Crippen molar-refractivity contribution in [3.05, 3.63) is 33.8 Å². The first-order chi connectivity index (χ1) is 6.13. The first kappa shape index (κ1) is 10.8. The van der Waals surface area contributed by atoms with Gasteiger partial charge in [0.1, 0.15) is 0 Å². The summed E-state index contributed by atoms with van der Waals surface area (Å²) in [5.41, 5.74) is 6.96. The van der Waals surface area contributed by atoms with Gasteiger partial charge in [0, 0.05) is 6.04 Å². The SMILES string of the molecule is CCC(N)Cc1ccc(Cl)c(Cl)c1. The van der Waals surface area contributed by atoms with Gasteiger partial charge in [-0.2, -0.15) is 0 Å². The Kier molecular flexibility index (Phi) is 4.04. The van der Waals surface area contributed by atoms with Gasteiger partial charge in [0.15, 0.2) is 0 Å². The Morgan fingerprint density at radius 1 is 1.31 bits per heavy atom. The number of hydrogen-bond acceptors (Lipinski definition) is 1. The van der Waals surface area contributed by atoms with Crippen molar-refractivity contribution in [3.8, 4) is 0 Å². The van der Waals surface area contributed by atoms with Gasteiger partial charge in [0.05, 0.1) is 10.0 Å². The largest absolute Gasteiger partial charge is 0.327 e. The highest BCUT2D eigenvalue weighted by Gasteiger charge is 2.03. The molecule has 1 aromatic carbocycles. The third-order valence-electron chi connectivity index (χ3n) is 2.01. The van der Waals surface area contributed by atoms with Crippen molar-refractivity contribution in [2.75, 3.05) is 0 Å². The molecule has 1 aromatic rings. The van der Waals surface area contributed by atoms with Crippen molar-refractivity contribution in [3.63, 3.8) is 0 Å². The molecule has 0 aliphatic rings. The Morgan fingerprint density at radius 2 is 2.00 bits per heavy atom. The third-order valence-corrected chi connectivity index (χ3v) is 2.75. The van der Waals surface area contributed by atoms with Crippen molar-refractivity contribution < 1.29 is 0 Å². The van der Waals surface area contributed by atoms with Crippen LogP contribution >= 0.6 is 23.2 Å². The summed E-state index contributed by atoms with van der Waals surface area (Å²) in [6.45, 7) is 2.07. The Balaban J connectivity index is 2.73. The molecule has 0 amide bonds. The number of rotatable bonds is 3. The van der Waals surface area contributed by atoms with Crippen LogP contribution in [-0.2, 0) is 6.42 Å². The summed E-state index contributed by atoms with van der Waals surface area (Å²) >= 11 is 11.7. The molecule has 0 aliphatic heterocycles. The van der Waals surface area contributed by atoms with E-state index in [1.165, 1.54) is 0 Å². The molecule has 72 valence electrons. The summed E-state index contributed by atoms with van der Waals surface area (Å²) in [5.74, 6) is 0. The van der Waals surface area contributed by atoms with Crippen LogP contribution in [0.4, 0.5) is 0 Å². The summed E-state index contributed by atoms with van der Waals surface area (Å²) in [5, 5.41) is 1.19. The van der Waals surface area contributed by atoms with Gasteiger partial charge in [0.25, 0.3) is 0 Å². The van der Waals surface area contributed by atoms with Gasteiger partial charge in [0.2, 0.25) is 0 Å². The van der Waals surface area contributed by atoms with E-state index in [2.05, 4.69) is 6.92 Å². The maximum absolute atomic E-state index is 5.87. The summed E-state index contributed by atoms with van der Waals surface area (Å²) in [6, 6.07) is 5.85. The molecule has 1 rings (SSSR count). The summed E-state index contributed by atoms with van der Waals surface area (Å²) in [4.78, 5) is 0. The quantitative estimate of drug-likeness (QED) is 0.827. The molecule has 0 saturated heterocycles. The molecule has 1 unspecified atom stereocenters. The average Bonchev–Trinajstić information content (AvgIpc) is 2.11. The van der Waals surface area contributed by atoms with E-state index in [1.807, 2.05) is 18.2 Å². The predicted molar refractivity (Wildman–Crippen MR) is 58.4 cm³/mol. The molecule has 1 atom stereocenters. The molecule has 0 aromatic heterocycles. The summed E-state index contributed by atoms with van der Waals surface area (Å²) in [7, 11) is 0. The molecular formula is C10H13Cl2N.